The van der Waals surface area contributed by atoms with E-state index in [9.17, 15) is 0 Å². The van der Waals surface area contributed by atoms with Gasteiger partial charge in [0.15, 0.2) is 0 Å². The van der Waals surface area contributed by atoms with E-state index < -0.39 is 0 Å². The van der Waals surface area contributed by atoms with Crippen LogP contribution in [0.3, 0.4) is 0 Å². The number of rotatable bonds is 1. The Kier molecular flexibility index (Phi) is 2.39. The normalized spacial score (nSPS) is 26.1. The van der Waals surface area contributed by atoms with Crippen molar-refractivity contribution in [1.29, 1.82) is 0 Å². The van der Waals surface area contributed by atoms with E-state index in [0.717, 1.165) is 12.5 Å². The average Bonchev–Trinajstić information content (AvgIpc) is 2.41. The lowest BCUT2D eigenvalue weighted by Gasteiger charge is -2.26. The van der Waals surface area contributed by atoms with Crippen LogP contribution in [0.1, 0.15) is 19.8 Å². The van der Waals surface area contributed by atoms with E-state index in [2.05, 4.69) is 29.7 Å². The molecule has 1 unspecified atom stereocenters. The van der Waals surface area contributed by atoms with Gasteiger partial charge in [0.25, 0.3) is 0 Å². The topological polar surface area (TPSA) is 24.1 Å². The van der Waals surface area contributed by atoms with Crippen molar-refractivity contribution in [3.63, 3.8) is 0 Å². The van der Waals surface area contributed by atoms with Crippen LogP contribution in [0.15, 0.2) is 35.8 Å². The second-order valence-electron chi connectivity index (χ2n) is 3.51. The predicted octanol–water partition coefficient (Wildman–Crippen LogP) is 1.89. The lowest BCUT2D eigenvalue weighted by molar-refractivity contribution is 0.485. The summed E-state index contributed by atoms with van der Waals surface area (Å²) in [6.45, 7) is 3.35. The maximum atomic E-state index is 3.39. The average molecular weight is 176 g/mol. The van der Waals surface area contributed by atoms with Crippen LogP contribution in [0.4, 0.5) is 0 Å². The lowest BCUT2D eigenvalue weighted by Crippen LogP contribution is -2.32. The van der Waals surface area contributed by atoms with Crippen LogP contribution in [0.2, 0.25) is 0 Å². The van der Waals surface area contributed by atoms with E-state index in [1.807, 2.05) is 12.3 Å². The van der Waals surface area contributed by atoms with Crippen LogP contribution in [0.5, 0.6) is 0 Å². The molecule has 0 aromatic heterocycles. The van der Waals surface area contributed by atoms with Crippen molar-refractivity contribution >= 4 is 0 Å². The quantitative estimate of drug-likeness (QED) is 0.637. The maximum absolute atomic E-state index is 3.39. The molecular weight excluding hydrogens is 160 g/mol. The fraction of sp³-hybridized carbons (Fsp3) is 0.455. The second-order valence-corrected chi connectivity index (χ2v) is 3.51. The zero-order valence-electron chi connectivity index (χ0n) is 8.01. The first kappa shape index (κ1) is 8.42. The molecule has 70 valence electrons. The van der Waals surface area contributed by atoms with Gasteiger partial charge in [0.1, 0.15) is 5.82 Å². The van der Waals surface area contributed by atoms with Gasteiger partial charge in [-0.3, -0.25) is 0 Å². The zero-order valence-corrected chi connectivity index (χ0v) is 8.01. The highest BCUT2D eigenvalue weighted by molar-refractivity contribution is 5.33. The van der Waals surface area contributed by atoms with E-state index in [1.165, 1.54) is 24.2 Å². The molecule has 2 rings (SSSR count). The maximum Gasteiger partial charge on any atom is 0.106 e. The molecule has 2 heteroatoms. The Morgan fingerprint density at radius 1 is 1.46 bits per heavy atom. The minimum atomic E-state index is 0.722. The molecule has 0 fully saturated rings. The first-order chi connectivity index (χ1) is 6.42. The molecule has 0 saturated carbocycles. The molecule has 0 amide bonds. The number of nitrogens with one attached hydrogen (secondary N) is 2. The minimum absolute atomic E-state index is 0.722. The van der Waals surface area contributed by atoms with Gasteiger partial charge in [-0.05, 0) is 30.4 Å². The third-order valence-electron chi connectivity index (χ3n) is 2.73. The molecule has 2 aliphatic rings. The third-order valence-corrected chi connectivity index (χ3v) is 2.73. The van der Waals surface area contributed by atoms with Gasteiger partial charge >= 0.3 is 0 Å². The molecule has 0 spiro atoms. The van der Waals surface area contributed by atoms with Crippen LogP contribution in [0, 0.1) is 5.92 Å². The molecule has 13 heavy (non-hydrogen) atoms. The summed E-state index contributed by atoms with van der Waals surface area (Å²) in [5.41, 5.74) is 1.43. The summed E-state index contributed by atoms with van der Waals surface area (Å²) in [6, 6.07) is 0. The van der Waals surface area contributed by atoms with Crippen molar-refractivity contribution in [2.75, 3.05) is 6.54 Å². The molecule has 2 N–H and O–H groups in total. The van der Waals surface area contributed by atoms with Gasteiger partial charge in [0.2, 0.25) is 0 Å². The van der Waals surface area contributed by atoms with Gasteiger partial charge in [-0.15, -0.1) is 0 Å². The van der Waals surface area contributed by atoms with Gasteiger partial charge in [0.05, 0.1) is 0 Å². The third kappa shape index (κ3) is 1.62. The summed E-state index contributed by atoms with van der Waals surface area (Å²) < 4.78 is 0. The molecular formula is C11H16N2. The Morgan fingerprint density at radius 2 is 2.38 bits per heavy atom. The largest absolute Gasteiger partial charge is 0.371 e. The standard InChI is InChI=1S/C11H16N2/c1-2-9-6-8-13-11-10(9)5-3-4-7-12-11/h3-5,7,9,12-13H,2,6,8H2,1H3. The van der Waals surface area contributed by atoms with Gasteiger partial charge in [-0.25, -0.2) is 0 Å². The molecule has 2 nitrogen and oxygen atoms in total. The molecule has 2 heterocycles. The fourth-order valence-electron chi connectivity index (χ4n) is 1.96. The van der Waals surface area contributed by atoms with Crippen molar-refractivity contribution in [3.05, 3.63) is 35.8 Å². The van der Waals surface area contributed by atoms with Crippen LogP contribution in [-0.2, 0) is 0 Å². The van der Waals surface area contributed by atoms with Gasteiger partial charge in [0, 0.05) is 12.7 Å². The van der Waals surface area contributed by atoms with Gasteiger partial charge < -0.3 is 10.6 Å². The van der Waals surface area contributed by atoms with Crippen LogP contribution in [-0.4, -0.2) is 6.54 Å². The molecule has 0 aliphatic carbocycles. The van der Waals surface area contributed by atoms with Crippen molar-refractivity contribution < 1.29 is 0 Å². The number of allylic oxidation sites excluding steroid dienone is 4. The summed E-state index contributed by atoms with van der Waals surface area (Å²) in [7, 11) is 0. The first-order valence-electron chi connectivity index (χ1n) is 4.99. The smallest absolute Gasteiger partial charge is 0.106 e. The Hall–Kier alpha value is -1.18. The van der Waals surface area contributed by atoms with Gasteiger partial charge in [-0.2, -0.15) is 0 Å². The van der Waals surface area contributed by atoms with Crippen LogP contribution < -0.4 is 10.6 Å². The van der Waals surface area contributed by atoms with Crippen molar-refractivity contribution in [2.24, 2.45) is 5.92 Å². The Bertz CT molecular complexity index is 274. The summed E-state index contributed by atoms with van der Waals surface area (Å²) >= 11 is 0. The molecule has 0 aromatic carbocycles. The molecule has 0 bridgehead atoms. The van der Waals surface area contributed by atoms with Crippen LogP contribution in [0.25, 0.3) is 0 Å². The van der Waals surface area contributed by atoms with Crippen molar-refractivity contribution in [1.82, 2.24) is 10.6 Å². The summed E-state index contributed by atoms with van der Waals surface area (Å²) in [6.07, 6.45) is 10.8. The van der Waals surface area contributed by atoms with E-state index in [1.54, 1.807) is 0 Å². The first-order valence-corrected chi connectivity index (χ1v) is 4.99. The van der Waals surface area contributed by atoms with E-state index in [0.29, 0.717) is 0 Å². The van der Waals surface area contributed by atoms with Gasteiger partial charge in [-0.1, -0.05) is 19.1 Å². The molecule has 0 aromatic rings. The Labute approximate surface area is 79.4 Å². The highest BCUT2D eigenvalue weighted by Crippen LogP contribution is 2.25. The number of hydrogen-bond donors (Lipinski definition) is 2. The number of hydrogen-bond acceptors (Lipinski definition) is 2. The van der Waals surface area contributed by atoms with Crippen LogP contribution >= 0.6 is 0 Å². The molecule has 1 atom stereocenters. The highest BCUT2D eigenvalue weighted by Gasteiger charge is 2.19. The molecule has 0 saturated heterocycles. The van der Waals surface area contributed by atoms with Crippen molar-refractivity contribution in [3.8, 4) is 0 Å². The lowest BCUT2D eigenvalue weighted by atomic mass is 9.90. The SMILES string of the molecule is CCC1CCNC2=C1C=CC=CN2. The predicted molar refractivity (Wildman–Crippen MR) is 54.8 cm³/mol. The minimum Gasteiger partial charge on any atom is -0.371 e. The zero-order chi connectivity index (χ0) is 9.10. The summed E-state index contributed by atoms with van der Waals surface area (Å²) in [5, 5.41) is 6.66. The van der Waals surface area contributed by atoms with Crippen molar-refractivity contribution in [2.45, 2.75) is 19.8 Å². The molecule has 0 radical (unpaired) electrons. The summed E-state index contributed by atoms with van der Waals surface area (Å²) in [4.78, 5) is 0. The van der Waals surface area contributed by atoms with E-state index in [-0.39, 0.29) is 0 Å². The Morgan fingerprint density at radius 3 is 3.23 bits per heavy atom. The second kappa shape index (κ2) is 3.69. The van der Waals surface area contributed by atoms with E-state index >= 15 is 0 Å². The highest BCUT2D eigenvalue weighted by atomic mass is 15.1. The summed E-state index contributed by atoms with van der Waals surface area (Å²) in [5.74, 6) is 1.92. The van der Waals surface area contributed by atoms with E-state index in [4.69, 9.17) is 0 Å². The fourth-order valence-corrected chi connectivity index (χ4v) is 1.96. The molecule has 2 aliphatic heterocycles. The Balaban J connectivity index is 2.28. The monoisotopic (exact) mass is 176 g/mol.